The molecule has 0 saturated heterocycles. The van der Waals surface area contributed by atoms with Crippen molar-refractivity contribution in [2.24, 2.45) is 0 Å². The Kier molecular flexibility index (Phi) is 4.66. The molecule has 0 atom stereocenters. The molecule has 0 unspecified atom stereocenters. The van der Waals surface area contributed by atoms with Gasteiger partial charge in [0.1, 0.15) is 5.75 Å². The van der Waals surface area contributed by atoms with Crippen LogP contribution in [0.25, 0.3) is 0 Å². The summed E-state index contributed by atoms with van der Waals surface area (Å²) in [5, 5.41) is 0. The van der Waals surface area contributed by atoms with Crippen molar-refractivity contribution < 1.29 is 9.53 Å². The van der Waals surface area contributed by atoms with Gasteiger partial charge in [0.15, 0.2) is 0 Å². The van der Waals surface area contributed by atoms with E-state index in [0.717, 1.165) is 33.3 Å². The first-order valence-electron chi connectivity index (χ1n) is 7.37. The van der Waals surface area contributed by atoms with Crippen LogP contribution >= 0.6 is 22.6 Å². The minimum Gasteiger partial charge on any atom is -0.497 e. The lowest BCUT2D eigenvalue weighted by Crippen LogP contribution is -2.32. The molecular formula is C18H18INO2. The van der Waals surface area contributed by atoms with Gasteiger partial charge in [-0.25, -0.2) is 0 Å². The molecule has 3 rings (SSSR count). The third kappa shape index (κ3) is 3.61. The summed E-state index contributed by atoms with van der Waals surface area (Å²) in [5.74, 6) is 0.961. The Morgan fingerprint density at radius 1 is 1.23 bits per heavy atom. The summed E-state index contributed by atoms with van der Waals surface area (Å²) in [6, 6.07) is 16.1. The topological polar surface area (TPSA) is 29.5 Å². The number of carbonyl (C=O) groups is 1. The fourth-order valence-corrected chi connectivity index (χ4v) is 3.01. The third-order valence-electron chi connectivity index (χ3n) is 3.83. The zero-order valence-electron chi connectivity index (χ0n) is 12.5. The average molecular weight is 407 g/mol. The summed E-state index contributed by atoms with van der Waals surface area (Å²) in [6.07, 6.45) is 2.21. The average Bonchev–Trinajstić information content (AvgIpc) is 3.37. The number of methoxy groups -OCH3 is 1. The van der Waals surface area contributed by atoms with Crippen LogP contribution in [0.4, 0.5) is 0 Å². The van der Waals surface area contributed by atoms with Crippen molar-refractivity contribution in [2.75, 3.05) is 7.11 Å². The predicted molar refractivity (Wildman–Crippen MR) is 95.0 cm³/mol. The van der Waals surface area contributed by atoms with Gasteiger partial charge in [-0.1, -0.05) is 18.2 Å². The highest BCUT2D eigenvalue weighted by atomic mass is 127. The lowest BCUT2D eigenvalue weighted by molar-refractivity contribution is 0.0730. The molecule has 0 radical (unpaired) electrons. The molecule has 0 spiro atoms. The molecule has 2 aromatic carbocycles. The number of rotatable bonds is 5. The van der Waals surface area contributed by atoms with Gasteiger partial charge in [-0.2, -0.15) is 0 Å². The van der Waals surface area contributed by atoms with Crippen molar-refractivity contribution in [1.82, 2.24) is 4.90 Å². The molecule has 1 aliphatic rings. The van der Waals surface area contributed by atoms with E-state index in [-0.39, 0.29) is 5.91 Å². The zero-order valence-corrected chi connectivity index (χ0v) is 14.6. The molecule has 1 saturated carbocycles. The maximum atomic E-state index is 12.8. The second kappa shape index (κ2) is 6.69. The van der Waals surface area contributed by atoms with Gasteiger partial charge >= 0.3 is 0 Å². The van der Waals surface area contributed by atoms with Crippen molar-refractivity contribution >= 4 is 28.5 Å². The minimum absolute atomic E-state index is 0.122. The number of carbonyl (C=O) groups excluding carboxylic acids is 1. The Hall–Kier alpha value is -1.56. The van der Waals surface area contributed by atoms with E-state index in [9.17, 15) is 4.79 Å². The van der Waals surface area contributed by atoms with Crippen LogP contribution in [-0.4, -0.2) is 24.0 Å². The normalized spacial score (nSPS) is 13.7. The minimum atomic E-state index is 0.122. The first-order valence-corrected chi connectivity index (χ1v) is 8.45. The molecule has 0 aliphatic heterocycles. The van der Waals surface area contributed by atoms with E-state index in [1.54, 1.807) is 7.11 Å². The second-order valence-corrected chi connectivity index (χ2v) is 6.77. The summed E-state index contributed by atoms with van der Waals surface area (Å²) in [4.78, 5) is 14.8. The fraction of sp³-hybridized carbons (Fsp3) is 0.278. The maximum absolute atomic E-state index is 12.8. The van der Waals surface area contributed by atoms with Gasteiger partial charge < -0.3 is 9.64 Å². The molecule has 1 aliphatic carbocycles. The number of ether oxygens (including phenoxy) is 1. The lowest BCUT2D eigenvalue weighted by atomic mass is 10.1. The summed E-state index contributed by atoms with van der Waals surface area (Å²) in [5.41, 5.74) is 1.90. The summed E-state index contributed by atoms with van der Waals surface area (Å²) in [6.45, 7) is 0.652. The van der Waals surface area contributed by atoms with Crippen LogP contribution in [0.2, 0.25) is 0 Å². The van der Waals surface area contributed by atoms with Gasteiger partial charge in [0.25, 0.3) is 5.91 Å². The summed E-state index contributed by atoms with van der Waals surface area (Å²) in [7, 11) is 1.66. The number of hydrogen-bond acceptors (Lipinski definition) is 2. The zero-order chi connectivity index (χ0) is 15.5. The van der Waals surface area contributed by atoms with E-state index in [2.05, 4.69) is 22.6 Å². The van der Waals surface area contributed by atoms with E-state index in [4.69, 9.17) is 4.74 Å². The van der Waals surface area contributed by atoms with Crippen LogP contribution in [0.1, 0.15) is 28.8 Å². The van der Waals surface area contributed by atoms with Gasteiger partial charge in [0.05, 0.1) is 7.11 Å². The van der Waals surface area contributed by atoms with Crippen LogP contribution in [0.15, 0.2) is 48.5 Å². The predicted octanol–water partition coefficient (Wildman–Crippen LogP) is 4.10. The van der Waals surface area contributed by atoms with Crippen LogP contribution < -0.4 is 4.74 Å². The van der Waals surface area contributed by atoms with Crippen LogP contribution in [0.5, 0.6) is 5.75 Å². The smallest absolute Gasteiger partial charge is 0.254 e. The van der Waals surface area contributed by atoms with Gasteiger partial charge in [0, 0.05) is 21.7 Å². The molecule has 4 heteroatoms. The molecular weight excluding hydrogens is 389 g/mol. The molecule has 0 aromatic heterocycles. The van der Waals surface area contributed by atoms with Crippen molar-refractivity contribution in [1.29, 1.82) is 0 Å². The Balaban J connectivity index is 1.79. The van der Waals surface area contributed by atoms with Crippen molar-refractivity contribution in [3.05, 3.63) is 63.2 Å². The molecule has 3 nitrogen and oxygen atoms in total. The second-order valence-electron chi connectivity index (χ2n) is 5.52. The monoisotopic (exact) mass is 407 g/mol. The first-order chi connectivity index (χ1) is 10.7. The maximum Gasteiger partial charge on any atom is 0.254 e. The molecule has 0 N–H and O–H groups in total. The number of halogens is 1. The lowest BCUT2D eigenvalue weighted by Gasteiger charge is -2.23. The van der Waals surface area contributed by atoms with Gasteiger partial charge in [-0.3, -0.25) is 4.79 Å². The summed E-state index contributed by atoms with van der Waals surface area (Å²) >= 11 is 2.24. The molecule has 1 amide bonds. The third-order valence-corrected chi connectivity index (χ3v) is 4.50. The van der Waals surface area contributed by atoms with Crippen molar-refractivity contribution in [3.8, 4) is 5.75 Å². The standard InChI is InChI=1S/C18H18INO2/c1-22-17-9-5-13(6-10-17)12-20(16-7-8-16)18(21)14-3-2-4-15(19)11-14/h2-6,9-11,16H,7-8,12H2,1H3. The number of hydrogen-bond donors (Lipinski definition) is 0. The molecule has 22 heavy (non-hydrogen) atoms. The number of nitrogens with zero attached hydrogens (tertiary/aromatic N) is 1. The summed E-state index contributed by atoms with van der Waals surface area (Å²) < 4.78 is 6.27. The number of amides is 1. The largest absolute Gasteiger partial charge is 0.497 e. The Morgan fingerprint density at radius 3 is 2.55 bits per heavy atom. The Morgan fingerprint density at radius 2 is 1.95 bits per heavy atom. The first kappa shape index (κ1) is 15.3. The Bertz CT molecular complexity index is 665. The van der Waals surface area contributed by atoms with E-state index in [1.807, 2.05) is 53.4 Å². The van der Waals surface area contributed by atoms with Crippen LogP contribution in [0.3, 0.4) is 0 Å². The molecule has 1 fully saturated rings. The Labute approximate surface area is 144 Å². The van der Waals surface area contributed by atoms with Gasteiger partial charge in [0.2, 0.25) is 0 Å². The quantitative estimate of drug-likeness (QED) is 0.699. The van der Waals surface area contributed by atoms with E-state index in [1.165, 1.54) is 0 Å². The van der Waals surface area contributed by atoms with Gasteiger partial charge in [-0.15, -0.1) is 0 Å². The van der Waals surface area contributed by atoms with E-state index < -0.39 is 0 Å². The van der Waals surface area contributed by atoms with Crippen molar-refractivity contribution in [3.63, 3.8) is 0 Å². The molecule has 114 valence electrons. The highest BCUT2D eigenvalue weighted by Crippen LogP contribution is 2.30. The molecule has 0 bridgehead atoms. The van der Waals surface area contributed by atoms with Gasteiger partial charge in [-0.05, 0) is 71.3 Å². The van der Waals surface area contributed by atoms with Crippen molar-refractivity contribution in [2.45, 2.75) is 25.4 Å². The number of benzene rings is 2. The van der Waals surface area contributed by atoms with Crippen LogP contribution in [0, 0.1) is 3.57 Å². The fourth-order valence-electron chi connectivity index (χ4n) is 2.47. The molecule has 0 heterocycles. The SMILES string of the molecule is COc1ccc(CN(C(=O)c2cccc(I)c2)C2CC2)cc1. The highest BCUT2D eigenvalue weighted by Gasteiger charge is 2.33. The highest BCUT2D eigenvalue weighted by molar-refractivity contribution is 14.1. The van der Waals surface area contributed by atoms with E-state index in [0.29, 0.717) is 12.6 Å². The van der Waals surface area contributed by atoms with E-state index >= 15 is 0 Å². The molecule has 2 aromatic rings. The van der Waals surface area contributed by atoms with Crippen LogP contribution in [-0.2, 0) is 6.54 Å².